The van der Waals surface area contributed by atoms with E-state index in [-0.39, 0.29) is 5.29 Å². The van der Waals surface area contributed by atoms with E-state index < -0.39 is 0 Å². The number of ether oxygens (including phenoxy) is 1. The highest BCUT2D eigenvalue weighted by Crippen LogP contribution is 1.94. The summed E-state index contributed by atoms with van der Waals surface area (Å²) in [5.41, 5.74) is 0. The predicted octanol–water partition coefficient (Wildman–Crippen LogP) is 1.68. The SMILES string of the molecule is C=C(N=C(C)NC(=N)Cl)OCC. The van der Waals surface area contributed by atoms with E-state index in [1.807, 2.05) is 6.92 Å². The number of nitrogens with zero attached hydrogens (tertiary/aromatic N) is 1. The van der Waals surface area contributed by atoms with Crippen LogP contribution >= 0.6 is 11.6 Å². The predicted molar refractivity (Wildman–Crippen MR) is 50.6 cm³/mol. The van der Waals surface area contributed by atoms with Crippen molar-refractivity contribution < 1.29 is 4.74 Å². The first-order valence-corrected chi connectivity index (χ1v) is 3.82. The first-order valence-electron chi connectivity index (χ1n) is 3.44. The Morgan fingerprint density at radius 2 is 2.33 bits per heavy atom. The van der Waals surface area contributed by atoms with Gasteiger partial charge in [-0.25, -0.2) is 4.99 Å². The number of aliphatic imine (C=N–C) groups is 1. The van der Waals surface area contributed by atoms with E-state index >= 15 is 0 Å². The molecule has 0 aromatic carbocycles. The Morgan fingerprint density at radius 1 is 1.75 bits per heavy atom. The third-order valence-corrected chi connectivity index (χ3v) is 0.988. The van der Waals surface area contributed by atoms with Gasteiger partial charge in [-0.3, -0.25) is 5.41 Å². The molecule has 4 nitrogen and oxygen atoms in total. The fourth-order valence-corrected chi connectivity index (χ4v) is 0.709. The van der Waals surface area contributed by atoms with E-state index in [9.17, 15) is 0 Å². The Hall–Kier alpha value is -1.03. The molecule has 0 aromatic heterocycles. The van der Waals surface area contributed by atoms with Crippen LogP contribution in [0.3, 0.4) is 0 Å². The minimum atomic E-state index is -0.180. The molecule has 0 fully saturated rings. The van der Waals surface area contributed by atoms with Crippen LogP contribution in [0.2, 0.25) is 0 Å². The van der Waals surface area contributed by atoms with E-state index in [4.69, 9.17) is 21.7 Å². The van der Waals surface area contributed by atoms with E-state index in [1.165, 1.54) is 0 Å². The molecule has 0 atom stereocenters. The van der Waals surface area contributed by atoms with Crippen LogP contribution in [0.15, 0.2) is 17.5 Å². The molecule has 0 spiro atoms. The highest BCUT2D eigenvalue weighted by molar-refractivity contribution is 6.65. The maximum atomic E-state index is 6.87. The van der Waals surface area contributed by atoms with Gasteiger partial charge in [0.2, 0.25) is 5.88 Å². The van der Waals surface area contributed by atoms with Gasteiger partial charge in [0.05, 0.1) is 6.61 Å². The topological polar surface area (TPSA) is 57.5 Å². The lowest BCUT2D eigenvalue weighted by atomic mass is 10.6. The normalized spacial score (nSPS) is 10.8. The zero-order chi connectivity index (χ0) is 9.56. The highest BCUT2D eigenvalue weighted by Gasteiger charge is 1.94. The van der Waals surface area contributed by atoms with Crippen molar-refractivity contribution in [3.8, 4) is 0 Å². The number of halogens is 1. The van der Waals surface area contributed by atoms with Crippen LogP contribution in [-0.4, -0.2) is 17.7 Å². The summed E-state index contributed by atoms with van der Waals surface area (Å²) in [7, 11) is 0. The molecule has 0 heterocycles. The Labute approximate surface area is 76.8 Å². The third-order valence-electron chi connectivity index (χ3n) is 0.894. The summed E-state index contributed by atoms with van der Waals surface area (Å²) in [6.45, 7) is 7.56. The second kappa shape index (κ2) is 5.60. The zero-order valence-electron chi connectivity index (χ0n) is 7.15. The lowest BCUT2D eigenvalue weighted by molar-refractivity contribution is 0.229. The van der Waals surface area contributed by atoms with Gasteiger partial charge >= 0.3 is 0 Å². The van der Waals surface area contributed by atoms with Crippen LogP contribution in [0.4, 0.5) is 0 Å². The Kier molecular flexibility index (Phi) is 5.12. The van der Waals surface area contributed by atoms with Gasteiger partial charge in [0, 0.05) is 0 Å². The smallest absolute Gasteiger partial charge is 0.207 e. The lowest BCUT2D eigenvalue weighted by Crippen LogP contribution is -2.23. The second-order valence-electron chi connectivity index (χ2n) is 1.96. The number of hydrogen-bond donors (Lipinski definition) is 2. The van der Waals surface area contributed by atoms with Gasteiger partial charge < -0.3 is 10.1 Å². The molecule has 12 heavy (non-hydrogen) atoms. The maximum Gasteiger partial charge on any atom is 0.207 e. The maximum absolute atomic E-state index is 6.87. The van der Waals surface area contributed by atoms with Crippen molar-refractivity contribution in [1.82, 2.24) is 5.32 Å². The van der Waals surface area contributed by atoms with Crippen LogP contribution in [0.5, 0.6) is 0 Å². The van der Waals surface area contributed by atoms with Crippen molar-refractivity contribution in [3.63, 3.8) is 0 Å². The number of nitrogens with one attached hydrogen (secondary N) is 2. The first kappa shape index (κ1) is 11.0. The van der Waals surface area contributed by atoms with Gasteiger partial charge in [0.15, 0.2) is 5.29 Å². The largest absolute Gasteiger partial charge is 0.478 e. The molecular formula is C7H12ClN3O. The average molecular weight is 190 g/mol. The molecule has 5 heteroatoms. The van der Waals surface area contributed by atoms with Crippen molar-refractivity contribution in [2.45, 2.75) is 13.8 Å². The van der Waals surface area contributed by atoms with E-state index in [0.717, 1.165) is 0 Å². The summed E-state index contributed by atoms with van der Waals surface area (Å²) in [6.07, 6.45) is 0. The standard InChI is InChI=1S/C7H12ClN3O/c1-4-12-6(3)10-5(2)11-7(8)9/h3-4H2,1-2H3,(H2,9,10,11). The van der Waals surface area contributed by atoms with E-state index in [2.05, 4.69) is 16.9 Å². The monoisotopic (exact) mass is 189 g/mol. The first-order chi connectivity index (χ1) is 5.56. The fraction of sp³-hybridized carbons (Fsp3) is 0.429. The molecule has 0 bridgehead atoms. The molecule has 0 aromatic rings. The van der Waals surface area contributed by atoms with Gasteiger partial charge in [0.1, 0.15) is 5.84 Å². The van der Waals surface area contributed by atoms with Crippen LogP contribution in [0.25, 0.3) is 0 Å². The van der Waals surface area contributed by atoms with Crippen LogP contribution in [0, 0.1) is 5.41 Å². The molecule has 0 amide bonds. The molecule has 0 radical (unpaired) electrons. The molecule has 0 rings (SSSR count). The van der Waals surface area contributed by atoms with Crippen LogP contribution < -0.4 is 5.32 Å². The van der Waals surface area contributed by atoms with Gasteiger partial charge in [-0.2, -0.15) is 0 Å². The Morgan fingerprint density at radius 3 is 2.75 bits per heavy atom. The van der Waals surface area contributed by atoms with Gasteiger partial charge in [-0.05, 0) is 32.0 Å². The minimum absolute atomic E-state index is 0.180. The summed E-state index contributed by atoms with van der Waals surface area (Å²) in [5.74, 6) is 0.786. The molecule has 2 N–H and O–H groups in total. The Bertz CT molecular complexity index is 213. The molecule has 0 saturated heterocycles. The zero-order valence-corrected chi connectivity index (χ0v) is 7.90. The second-order valence-corrected chi connectivity index (χ2v) is 2.34. The van der Waals surface area contributed by atoms with Crippen molar-refractivity contribution in [2.75, 3.05) is 6.61 Å². The molecule has 0 unspecified atom stereocenters. The third kappa shape index (κ3) is 5.73. The van der Waals surface area contributed by atoms with E-state index in [1.54, 1.807) is 6.92 Å². The van der Waals surface area contributed by atoms with E-state index in [0.29, 0.717) is 18.3 Å². The lowest BCUT2D eigenvalue weighted by Gasteiger charge is -2.03. The van der Waals surface area contributed by atoms with Crippen molar-refractivity contribution in [1.29, 1.82) is 5.41 Å². The van der Waals surface area contributed by atoms with Gasteiger partial charge in [-0.15, -0.1) is 0 Å². The molecule has 68 valence electrons. The van der Waals surface area contributed by atoms with Crippen molar-refractivity contribution in [3.05, 3.63) is 12.5 Å². The quantitative estimate of drug-likeness (QED) is 0.307. The molecule has 0 aliphatic rings. The molecule has 0 aliphatic heterocycles. The van der Waals surface area contributed by atoms with Crippen LogP contribution in [0.1, 0.15) is 13.8 Å². The fourth-order valence-electron chi connectivity index (χ4n) is 0.573. The minimum Gasteiger partial charge on any atom is -0.478 e. The number of amidine groups is 2. The van der Waals surface area contributed by atoms with Crippen molar-refractivity contribution >= 4 is 22.7 Å². The summed E-state index contributed by atoms with van der Waals surface area (Å²) >= 11 is 5.25. The number of hydrogen-bond acceptors (Lipinski definition) is 3. The summed E-state index contributed by atoms with van der Waals surface area (Å²) in [4.78, 5) is 3.87. The van der Waals surface area contributed by atoms with Gasteiger partial charge in [-0.1, -0.05) is 0 Å². The van der Waals surface area contributed by atoms with Crippen molar-refractivity contribution in [2.24, 2.45) is 4.99 Å². The highest BCUT2D eigenvalue weighted by atomic mass is 35.5. The molecular weight excluding hydrogens is 178 g/mol. The van der Waals surface area contributed by atoms with Crippen LogP contribution in [-0.2, 0) is 4.74 Å². The number of rotatable bonds is 3. The Balaban J connectivity index is 3.97. The average Bonchev–Trinajstić information content (AvgIpc) is 1.84. The summed E-state index contributed by atoms with van der Waals surface area (Å²) in [5, 5.41) is 9.18. The molecule has 0 saturated carbocycles. The molecule has 0 aliphatic carbocycles. The van der Waals surface area contributed by atoms with Gasteiger partial charge in [0.25, 0.3) is 0 Å². The summed E-state index contributed by atoms with van der Waals surface area (Å²) in [6, 6.07) is 0. The summed E-state index contributed by atoms with van der Waals surface area (Å²) < 4.78 is 4.96.